The second-order valence-electron chi connectivity index (χ2n) is 4.51. The summed E-state index contributed by atoms with van der Waals surface area (Å²) in [5.41, 5.74) is 1.54. The first-order valence-corrected chi connectivity index (χ1v) is 5.74. The Morgan fingerprint density at radius 2 is 2.00 bits per heavy atom. The Kier molecular flexibility index (Phi) is 7.03. The van der Waals surface area contributed by atoms with Crippen LogP contribution in [0.4, 0.5) is 0 Å². The van der Waals surface area contributed by atoms with Gasteiger partial charge in [0.25, 0.3) is 5.95 Å². The third-order valence-electron chi connectivity index (χ3n) is 2.15. The molecule has 1 N–H and O–H groups in total. The number of rotatable bonds is 6. The maximum absolute atomic E-state index is 11.1. The molecule has 1 unspecified atom stereocenters. The molecular formula is C14H22O3. The molecule has 1 atom stereocenters. The summed E-state index contributed by atoms with van der Waals surface area (Å²) in [6.45, 7) is 11.0. The van der Waals surface area contributed by atoms with Crippen molar-refractivity contribution in [2.24, 2.45) is 5.92 Å². The fourth-order valence-corrected chi connectivity index (χ4v) is 1.18. The van der Waals surface area contributed by atoms with Crippen LogP contribution in [-0.2, 0) is 9.53 Å². The first-order chi connectivity index (χ1) is 7.82. The standard InChI is InChI=1S/C14H22O3/c1-10(2)7-6-8-12(5)9-13(15)17-14(16)11(3)4/h7,9,12,15H,3,6,8H2,1-2,4-5H3/b13-9+. The molecule has 3 nitrogen and oxygen atoms in total. The third-order valence-corrected chi connectivity index (χ3v) is 2.15. The highest BCUT2D eigenvalue weighted by atomic mass is 16.6. The van der Waals surface area contributed by atoms with Crippen molar-refractivity contribution in [2.75, 3.05) is 0 Å². The quantitative estimate of drug-likeness (QED) is 0.330. The van der Waals surface area contributed by atoms with Crippen molar-refractivity contribution in [2.45, 2.75) is 40.5 Å². The van der Waals surface area contributed by atoms with E-state index in [1.165, 1.54) is 12.5 Å². The summed E-state index contributed by atoms with van der Waals surface area (Å²) in [6, 6.07) is 0. The fraction of sp³-hybridized carbons (Fsp3) is 0.500. The number of hydrogen-bond donors (Lipinski definition) is 1. The largest absolute Gasteiger partial charge is 0.481 e. The minimum atomic E-state index is -0.602. The maximum atomic E-state index is 11.1. The molecule has 0 spiro atoms. The van der Waals surface area contributed by atoms with Gasteiger partial charge in [0.15, 0.2) is 0 Å². The van der Waals surface area contributed by atoms with Crippen LogP contribution in [0.2, 0.25) is 0 Å². The van der Waals surface area contributed by atoms with Gasteiger partial charge >= 0.3 is 5.97 Å². The Morgan fingerprint density at radius 3 is 2.47 bits per heavy atom. The lowest BCUT2D eigenvalue weighted by molar-refractivity contribution is -0.138. The van der Waals surface area contributed by atoms with Gasteiger partial charge in [0.05, 0.1) is 0 Å². The summed E-state index contributed by atoms with van der Waals surface area (Å²) in [4.78, 5) is 11.1. The molecule has 0 saturated heterocycles. The van der Waals surface area contributed by atoms with E-state index in [4.69, 9.17) is 0 Å². The van der Waals surface area contributed by atoms with Gasteiger partial charge < -0.3 is 9.84 Å². The summed E-state index contributed by atoms with van der Waals surface area (Å²) in [5, 5.41) is 9.41. The lowest BCUT2D eigenvalue weighted by Gasteiger charge is -2.06. The van der Waals surface area contributed by atoms with Gasteiger partial charge in [-0.3, -0.25) is 0 Å². The normalized spacial score (nSPS) is 12.8. The molecule has 0 aromatic rings. The second kappa shape index (κ2) is 7.71. The zero-order chi connectivity index (χ0) is 13.4. The maximum Gasteiger partial charge on any atom is 0.340 e. The first-order valence-electron chi connectivity index (χ1n) is 5.74. The molecule has 0 aromatic heterocycles. The molecule has 0 aliphatic rings. The average Bonchev–Trinajstić information content (AvgIpc) is 2.16. The van der Waals surface area contributed by atoms with E-state index in [1.54, 1.807) is 6.08 Å². The molecule has 0 aliphatic heterocycles. The van der Waals surface area contributed by atoms with Crippen LogP contribution >= 0.6 is 0 Å². The van der Waals surface area contributed by atoms with Crippen molar-refractivity contribution >= 4 is 5.97 Å². The van der Waals surface area contributed by atoms with Gasteiger partial charge in [0.2, 0.25) is 0 Å². The highest BCUT2D eigenvalue weighted by Gasteiger charge is 2.07. The van der Waals surface area contributed by atoms with E-state index in [-0.39, 0.29) is 17.4 Å². The predicted octanol–water partition coefficient (Wildman–Crippen LogP) is 3.89. The van der Waals surface area contributed by atoms with Gasteiger partial charge in [-0.1, -0.05) is 25.2 Å². The Morgan fingerprint density at radius 1 is 1.41 bits per heavy atom. The molecule has 0 radical (unpaired) electrons. The van der Waals surface area contributed by atoms with Crippen molar-refractivity contribution in [1.29, 1.82) is 0 Å². The van der Waals surface area contributed by atoms with Gasteiger partial charge in [-0.05, 0) is 45.6 Å². The van der Waals surface area contributed by atoms with Crippen molar-refractivity contribution in [3.63, 3.8) is 0 Å². The van der Waals surface area contributed by atoms with Gasteiger partial charge in [0.1, 0.15) is 0 Å². The molecule has 3 heteroatoms. The van der Waals surface area contributed by atoms with Crippen LogP contribution in [0.5, 0.6) is 0 Å². The molecular weight excluding hydrogens is 216 g/mol. The zero-order valence-electron chi connectivity index (χ0n) is 11.1. The molecule has 96 valence electrons. The number of allylic oxidation sites excluding steroid dienone is 3. The van der Waals surface area contributed by atoms with E-state index in [2.05, 4.69) is 17.4 Å². The smallest absolute Gasteiger partial charge is 0.340 e. The van der Waals surface area contributed by atoms with E-state index < -0.39 is 5.97 Å². The number of aliphatic hydroxyl groups excluding tert-OH is 1. The number of ether oxygens (including phenoxy) is 1. The van der Waals surface area contributed by atoms with Crippen LogP contribution in [0.3, 0.4) is 0 Å². The zero-order valence-corrected chi connectivity index (χ0v) is 11.1. The first kappa shape index (κ1) is 15.5. The van der Waals surface area contributed by atoms with Crippen molar-refractivity contribution < 1.29 is 14.6 Å². The van der Waals surface area contributed by atoms with Crippen LogP contribution in [0.15, 0.2) is 35.8 Å². The van der Waals surface area contributed by atoms with Gasteiger partial charge in [-0.15, -0.1) is 0 Å². The summed E-state index contributed by atoms with van der Waals surface area (Å²) in [5.74, 6) is -0.790. The SMILES string of the molecule is C=C(C)C(=O)O/C(O)=C/C(C)CCC=C(C)C. The van der Waals surface area contributed by atoms with Gasteiger partial charge in [0, 0.05) is 5.57 Å². The molecule has 0 aromatic carbocycles. The van der Waals surface area contributed by atoms with E-state index in [0.29, 0.717) is 0 Å². The van der Waals surface area contributed by atoms with Gasteiger partial charge in [-0.2, -0.15) is 0 Å². The Bertz CT molecular complexity index is 333. The molecule has 0 bridgehead atoms. The van der Waals surface area contributed by atoms with E-state index in [1.807, 2.05) is 20.8 Å². The fourth-order valence-electron chi connectivity index (χ4n) is 1.18. The van der Waals surface area contributed by atoms with Crippen LogP contribution in [0, 0.1) is 5.92 Å². The van der Waals surface area contributed by atoms with E-state index in [9.17, 15) is 9.90 Å². The van der Waals surface area contributed by atoms with Crippen LogP contribution < -0.4 is 0 Å². The summed E-state index contributed by atoms with van der Waals surface area (Å²) in [7, 11) is 0. The predicted molar refractivity (Wildman–Crippen MR) is 69.4 cm³/mol. The molecule has 0 amide bonds. The lowest BCUT2D eigenvalue weighted by atomic mass is 10.0. The van der Waals surface area contributed by atoms with Crippen molar-refractivity contribution in [3.05, 3.63) is 35.8 Å². The minimum absolute atomic E-state index is 0.156. The Labute approximate surface area is 103 Å². The van der Waals surface area contributed by atoms with Gasteiger partial charge in [-0.25, -0.2) is 4.79 Å². The summed E-state index contributed by atoms with van der Waals surface area (Å²) in [6.07, 6.45) is 5.53. The summed E-state index contributed by atoms with van der Waals surface area (Å²) < 4.78 is 4.67. The average molecular weight is 238 g/mol. The number of aliphatic hydroxyl groups is 1. The molecule has 0 heterocycles. The number of esters is 1. The topological polar surface area (TPSA) is 46.5 Å². The number of carbonyl (C=O) groups excluding carboxylic acids is 1. The Hall–Kier alpha value is -1.51. The van der Waals surface area contributed by atoms with Crippen LogP contribution in [-0.4, -0.2) is 11.1 Å². The second-order valence-corrected chi connectivity index (χ2v) is 4.51. The van der Waals surface area contributed by atoms with Crippen LogP contribution in [0.1, 0.15) is 40.5 Å². The number of hydrogen-bond acceptors (Lipinski definition) is 3. The van der Waals surface area contributed by atoms with E-state index >= 15 is 0 Å². The lowest BCUT2D eigenvalue weighted by Crippen LogP contribution is -2.05. The molecule has 0 rings (SSSR count). The Balaban J connectivity index is 4.15. The van der Waals surface area contributed by atoms with E-state index in [0.717, 1.165) is 12.8 Å². The third kappa shape index (κ3) is 8.31. The highest BCUT2D eigenvalue weighted by molar-refractivity contribution is 5.87. The van der Waals surface area contributed by atoms with Crippen molar-refractivity contribution in [1.82, 2.24) is 0 Å². The monoisotopic (exact) mass is 238 g/mol. The molecule has 0 saturated carbocycles. The summed E-state index contributed by atoms with van der Waals surface area (Å²) >= 11 is 0. The molecule has 0 aliphatic carbocycles. The minimum Gasteiger partial charge on any atom is -0.481 e. The molecule has 17 heavy (non-hydrogen) atoms. The van der Waals surface area contributed by atoms with Crippen LogP contribution in [0.25, 0.3) is 0 Å². The molecule has 0 fully saturated rings. The highest BCUT2D eigenvalue weighted by Crippen LogP contribution is 2.12. The number of carbonyl (C=O) groups is 1. The van der Waals surface area contributed by atoms with Crippen molar-refractivity contribution in [3.8, 4) is 0 Å².